The molecule has 0 atom stereocenters. The predicted molar refractivity (Wildman–Crippen MR) is 72.0 cm³/mol. The second kappa shape index (κ2) is 7.48. The summed E-state index contributed by atoms with van der Waals surface area (Å²) < 4.78 is 13.7. The second-order valence-electron chi connectivity index (χ2n) is 4.00. The molecule has 1 aromatic rings. The predicted octanol–water partition coefficient (Wildman–Crippen LogP) is 2.82. The number of carbonyl (C=O) groups excluding carboxylic acids is 1. The van der Waals surface area contributed by atoms with Crippen molar-refractivity contribution in [3.8, 4) is 0 Å². The third-order valence-electron chi connectivity index (χ3n) is 2.61. The molecular formula is C13H17BrFNO2. The Labute approximate surface area is 115 Å². The van der Waals surface area contributed by atoms with E-state index < -0.39 is 5.82 Å². The standard InChI is InChI=1S/C13H17BrFNO2/c1-2-3-6-16(7-8-17)13(18)10-4-5-11(14)12(15)9-10/h4-5,9,17H,2-3,6-8H2,1H3. The molecule has 0 fully saturated rings. The monoisotopic (exact) mass is 317 g/mol. The Kier molecular flexibility index (Phi) is 6.29. The molecule has 1 aromatic carbocycles. The van der Waals surface area contributed by atoms with Crippen molar-refractivity contribution in [3.63, 3.8) is 0 Å². The van der Waals surface area contributed by atoms with E-state index in [9.17, 15) is 9.18 Å². The summed E-state index contributed by atoms with van der Waals surface area (Å²) in [6.45, 7) is 2.79. The molecule has 18 heavy (non-hydrogen) atoms. The van der Waals surface area contributed by atoms with Crippen LogP contribution in [0.2, 0.25) is 0 Å². The highest BCUT2D eigenvalue weighted by Crippen LogP contribution is 2.17. The normalized spacial score (nSPS) is 10.4. The van der Waals surface area contributed by atoms with Gasteiger partial charge in [-0.05, 0) is 40.5 Å². The van der Waals surface area contributed by atoms with Crippen LogP contribution in [0.4, 0.5) is 4.39 Å². The number of unbranched alkanes of at least 4 members (excludes halogenated alkanes) is 1. The van der Waals surface area contributed by atoms with Crippen LogP contribution >= 0.6 is 15.9 Å². The summed E-state index contributed by atoms with van der Waals surface area (Å²) in [6, 6.07) is 4.30. The van der Waals surface area contributed by atoms with Crippen LogP contribution < -0.4 is 0 Å². The number of benzene rings is 1. The summed E-state index contributed by atoms with van der Waals surface area (Å²) in [5.74, 6) is -0.704. The summed E-state index contributed by atoms with van der Waals surface area (Å²) in [6.07, 6.45) is 1.83. The molecular weight excluding hydrogens is 301 g/mol. The van der Waals surface area contributed by atoms with Crippen molar-refractivity contribution >= 4 is 21.8 Å². The molecule has 0 aromatic heterocycles. The van der Waals surface area contributed by atoms with Crippen LogP contribution in [0.15, 0.2) is 22.7 Å². The summed E-state index contributed by atoms with van der Waals surface area (Å²) in [5, 5.41) is 8.96. The van der Waals surface area contributed by atoms with Crippen LogP contribution in [0.5, 0.6) is 0 Å². The Bertz CT molecular complexity index is 412. The fourth-order valence-corrected chi connectivity index (χ4v) is 1.84. The van der Waals surface area contributed by atoms with Gasteiger partial charge in [-0.25, -0.2) is 4.39 Å². The first-order chi connectivity index (χ1) is 8.60. The number of nitrogens with zero attached hydrogens (tertiary/aromatic N) is 1. The minimum atomic E-state index is -0.458. The van der Waals surface area contributed by atoms with Gasteiger partial charge in [-0.2, -0.15) is 0 Å². The lowest BCUT2D eigenvalue weighted by Gasteiger charge is -2.21. The van der Waals surface area contributed by atoms with E-state index in [1.165, 1.54) is 12.1 Å². The van der Waals surface area contributed by atoms with Gasteiger partial charge >= 0.3 is 0 Å². The molecule has 0 saturated heterocycles. The highest BCUT2D eigenvalue weighted by molar-refractivity contribution is 9.10. The van der Waals surface area contributed by atoms with Crippen molar-refractivity contribution in [3.05, 3.63) is 34.1 Å². The maximum atomic E-state index is 13.4. The van der Waals surface area contributed by atoms with E-state index in [-0.39, 0.29) is 19.1 Å². The van der Waals surface area contributed by atoms with E-state index in [1.54, 1.807) is 11.0 Å². The molecule has 5 heteroatoms. The van der Waals surface area contributed by atoms with E-state index in [2.05, 4.69) is 15.9 Å². The molecule has 0 aliphatic carbocycles. The largest absolute Gasteiger partial charge is 0.395 e. The fourth-order valence-electron chi connectivity index (χ4n) is 1.60. The van der Waals surface area contributed by atoms with Crippen LogP contribution in [0.3, 0.4) is 0 Å². The molecule has 1 rings (SSSR count). The first-order valence-electron chi connectivity index (χ1n) is 5.95. The van der Waals surface area contributed by atoms with Crippen molar-refractivity contribution in [2.45, 2.75) is 19.8 Å². The Morgan fingerprint density at radius 2 is 2.17 bits per heavy atom. The molecule has 0 aliphatic rings. The number of hydrogen-bond donors (Lipinski definition) is 1. The summed E-state index contributed by atoms with van der Waals surface area (Å²) in [5.41, 5.74) is 0.306. The molecule has 0 aliphatic heterocycles. The second-order valence-corrected chi connectivity index (χ2v) is 4.85. The van der Waals surface area contributed by atoms with E-state index in [1.807, 2.05) is 6.92 Å². The minimum absolute atomic E-state index is 0.0888. The number of amides is 1. The van der Waals surface area contributed by atoms with Gasteiger partial charge in [0.15, 0.2) is 0 Å². The van der Waals surface area contributed by atoms with Gasteiger partial charge in [-0.1, -0.05) is 13.3 Å². The van der Waals surface area contributed by atoms with Gasteiger partial charge in [-0.15, -0.1) is 0 Å². The van der Waals surface area contributed by atoms with Gasteiger partial charge in [0.05, 0.1) is 11.1 Å². The molecule has 0 bridgehead atoms. The summed E-state index contributed by atoms with van der Waals surface area (Å²) in [4.78, 5) is 13.7. The third kappa shape index (κ3) is 4.07. The zero-order valence-corrected chi connectivity index (χ0v) is 11.9. The maximum absolute atomic E-state index is 13.4. The van der Waals surface area contributed by atoms with Gasteiger partial charge < -0.3 is 10.0 Å². The number of carbonyl (C=O) groups is 1. The molecule has 0 saturated carbocycles. The number of aliphatic hydroxyl groups excluding tert-OH is 1. The lowest BCUT2D eigenvalue weighted by molar-refractivity contribution is 0.0719. The van der Waals surface area contributed by atoms with E-state index >= 15 is 0 Å². The van der Waals surface area contributed by atoms with Crippen LogP contribution in [0.25, 0.3) is 0 Å². The highest BCUT2D eigenvalue weighted by atomic mass is 79.9. The van der Waals surface area contributed by atoms with Gasteiger partial charge in [0.1, 0.15) is 5.82 Å². The lowest BCUT2D eigenvalue weighted by Crippen LogP contribution is -2.34. The molecule has 0 unspecified atom stereocenters. The number of halogens is 2. The average molecular weight is 318 g/mol. The van der Waals surface area contributed by atoms with Crippen molar-refractivity contribution in [2.24, 2.45) is 0 Å². The highest BCUT2D eigenvalue weighted by Gasteiger charge is 2.16. The molecule has 1 amide bonds. The topological polar surface area (TPSA) is 40.5 Å². The number of rotatable bonds is 6. The summed E-state index contributed by atoms with van der Waals surface area (Å²) >= 11 is 3.05. The number of hydrogen-bond acceptors (Lipinski definition) is 2. The van der Waals surface area contributed by atoms with Crippen molar-refractivity contribution in [2.75, 3.05) is 19.7 Å². The van der Waals surface area contributed by atoms with Crippen LogP contribution in [-0.4, -0.2) is 35.6 Å². The molecule has 100 valence electrons. The Morgan fingerprint density at radius 1 is 1.44 bits per heavy atom. The van der Waals surface area contributed by atoms with Crippen LogP contribution in [0, 0.1) is 5.82 Å². The first kappa shape index (κ1) is 15.1. The van der Waals surface area contributed by atoms with Crippen molar-refractivity contribution in [1.29, 1.82) is 0 Å². The lowest BCUT2D eigenvalue weighted by atomic mass is 10.2. The summed E-state index contributed by atoms with van der Waals surface area (Å²) in [7, 11) is 0. The zero-order valence-electron chi connectivity index (χ0n) is 10.3. The fraction of sp³-hybridized carbons (Fsp3) is 0.462. The van der Waals surface area contributed by atoms with Gasteiger partial charge in [0, 0.05) is 18.7 Å². The zero-order chi connectivity index (χ0) is 13.5. The van der Waals surface area contributed by atoms with Crippen molar-refractivity contribution < 1.29 is 14.3 Å². The van der Waals surface area contributed by atoms with Crippen LogP contribution in [-0.2, 0) is 0 Å². The van der Waals surface area contributed by atoms with E-state index in [0.29, 0.717) is 16.6 Å². The van der Waals surface area contributed by atoms with Gasteiger partial charge in [0.2, 0.25) is 0 Å². The molecule has 0 radical (unpaired) electrons. The molecule has 1 N–H and O–H groups in total. The first-order valence-corrected chi connectivity index (χ1v) is 6.74. The molecule has 0 spiro atoms. The van der Waals surface area contributed by atoms with Crippen molar-refractivity contribution in [1.82, 2.24) is 4.90 Å². The number of aliphatic hydroxyl groups is 1. The third-order valence-corrected chi connectivity index (χ3v) is 3.25. The van der Waals surface area contributed by atoms with E-state index in [4.69, 9.17) is 5.11 Å². The quantitative estimate of drug-likeness (QED) is 0.876. The van der Waals surface area contributed by atoms with E-state index in [0.717, 1.165) is 12.8 Å². The van der Waals surface area contributed by atoms with Gasteiger partial charge in [-0.3, -0.25) is 4.79 Å². The maximum Gasteiger partial charge on any atom is 0.254 e. The van der Waals surface area contributed by atoms with Gasteiger partial charge in [0.25, 0.3) is 5.91 Å². The smallest absolute Gasteiger partial charge is 0.254 e. The van der Waals surface area contributed by atoms with Crippen LogP contribution in [0.1, 0.15) is 30.1 Å². The Hall–Kier alpha value is -0.940. The Balaban J connectivity index is 2.83. The average Bonchev–Trinajstić information content (AvgIpc) is 2.37. The molecule has 3 nitrogen and oxygen atoms in total. The minimum Gasteiger partial charge on any atom is -0.395 e. The SMILES string of the molecule is CCCCN(CCO)C(=O)c1ccc(Br)c(F)c1. The Morgan fingerprint density at radius 3 is 2.72 bits per heavy atom. The molecule has 0 heterocycles.